The highest BCUT2D eigenvalue weighted by Gasteiger charge is 2.53. The van der Waals surface area contributed by atoms with Gasteiger partial charge in [0.15, 0.2) is 59.1 Å². The van der Waals surface area contributed by atoms with Crippen molar-refractivity contribution in [1.29, 1.82) is 0 Å². The van der Waals surface area contributed by atoms with E-state index < -0.39 is 141 Å². The van der Waals surface area contributed by atoms with Crippen molar-refractivity contribution in [1.82, 2.24) is 31.9 Å². The molecule has 0 saturated carbocycles. The number of carbonyl (C=O) groups excluding carboxylic acids is 13. The smallest absolute Gasteiger partial charge is 0.338 e. The van der Waals surface area contributed by atoms with Gasteiger partial charge in [0.2, 0.25) is 29.5 Å². The molecule has 0 radical (unpaired) electrons. The van der Waals surface area contributed by atoms with Crippen LogP contribution in [-0.2, 0) is 90.8 Å². The van der Waals surface area contributed by atoms with E-state index >= 15 is 0 Å². The molecule has 4 aliphatic rings. The molecule has 25 nitrogen and oxygen atoms in total. The molecule has 6 N–H and O–H groups in total. The highest BCUT2D eigenvalue weighted by Crippen LogP contribution is 2.32. The molecule has 4 fully saturated rings. The highest BCUT2D eigenvalue weighted by molar-refractivity contribution is 5.99. The zero-order valence-corrected chi connectivity index (χ0v) is 68.7. The second-order valence-electron chi connectivity index (χ2n) is 31.5. The highest BCUT2D eigenvalue weighted by atomic mass is 16.6. The lowest BCUT2D eigenvalue weighted by Gasteiger charge is -2.18. The number of Topliss-reactive ketones (excluding diaryl/α,β-unsaturated/α-hetero) is 6. The van der Waals surface area contributed by atoms with Crippen LogP contribution < -0.4 is 31.9 Å². The number of carbonyl (C=O) groups is 13. The monoisotopic (exact) mass is 1530 g/mol. The Morgan fingerprint density at radius 2 is 0.579 bits per heavy atom. The minimum Gasteiger partial charge on any atom is -0.464 e. The number of ether oxygens (including phenoxy) is 6. The van der Waals surface area contributed by atoms with Crippen LogP contribution in [0.5, 0.6) is 0 Å². The first-order valence-corrected chi connectivity index (χ1v) is 38.8. The van der Waals surface area contributed by atoms with Crippen molar-refractivity contribution in [2.24, 2.45) is 82.8 Å². The summed E-state index contributed by atoms with van der Waals surface area (Å²) in [4.78, 5) is 156. The molecular formula is C82H146N6O19. The van der Waals surface area contributed by atoms with Crippen LogP contribution in [0.1, 0.15) is 271 Å². The van der Waals surface area contributed by atoms with Gasteiger partial charge in [-0.15, -0.1) is 0 Å². The first-order chi connectivity index (χ1) is 54.1. The average molecular weight is 1530 g/mol. The van der Waals surface area contributed by atoms with Crippen molar-refractivity contribution in [3.05, 3.63) is 0 Å². The van der Waals surface area contributed by atoms with Crippen LogP contribution >= 0.6 is 0 Å². The van der Waals surface area contributed by atoms with Crippen molar-refractivity contribution in [3.63, 3.8) is 0 Å². The van der Waals surface area contributed by atoms with Crippen LogP contribution in [0, 0.1) is 82.8 Å². The summed E-state index contributed by atoms with van der Waals surface area (Å²) in [6.07, 6.45) is -1.04. The lowest BCUT2D eigenvalue weighted by atomic mass is 9.90. The van der Waals surface area contributed by atoms with E-state index in [1.54, 1.807) is 69.4 Å². The van der Waals surface area contributed by atoms with Crippen LogP contribution in [0.15, 0.2) is 0 Å². The quantitative estimate of drug-likeness (QED) is 0.0243. The Labute approximate surface area is 658 Å². The molecule has 3 unspecified atom stereocenters. The summed E-state index contributed by atoms with van der Waals surface area (Å²) >= 11 is 0. The Bertz CT molecular complexity index is 3180. The fourth-order valence-corrected chi connectivity index (χ4v) is 11.1. The maximum absolute atomic E-state index is 12.5. The van der Waals surface area contributed by atoms with Gasteiger partial charge in [0, 0.05) is 97.2 Å². The number of likely N-dealkylation sites (N-methyl/N-ethyl adjacent to an activating group) is 1. The van der Waals surface area contributed by atoms with Gasteiger partial charge in [-0.05, 0) is 158 Å². The largest absolute Gasteiger partial charge is 0.464 e. The first kappa shape index (κ1) is 82.1. The zero-order valence-electron chi connectivity index (χ0n) is 79.7. The van der Waals surface area contributed by atoms with E-state index in [0.29, 0.717) is 82.6 Å². The van der Waals surface area contributed by atoms with Gasteiger partial charge in [0.1, 0.15) is 24.4 Å². The Kier molecular flexibility index (Phi) is 41.3. The van der Waals surface area contributed by atoms with Crippen LogP contribution in [0.2, 0.25) is 0 Å². The van der Waals surface area contributed by atoms with Crippen molar-refractivity contribution in [3.8, 4) is 0 Å². The van der Waals surface area contributed by atoms with Crippen LogP contribution in [0.3, 0.4) is 0 Å². The third kappa shape index (κ3) is 46.4. The van der Waals surface area contributed by atoms with E-state index in [9.17, 15) is 62.3 Å². The molecule has 4 aliphatic heterocycles. The van der Waals surface area contributed by atoms with Gasteiger partial charge in [-0.3, -0.25) is 52.7 Å². The number of hydrogen-bond acceptors (Lipinski definition) is 20. The normalized spacial score (nSPS) is 23.0. The molecule has 107 heavy (non-hydrogen) atoms. The molecular weight excluding hydrogens is 1370 g/mol. The predicted octanol–water partition coefficient (Wildman–Crippen LogP) is 10.2. The molecule has 0 aromatic carbocycles. The van der Waals surface area contributed by atoms with Gasteiger partial charge in [-0.2, -0.15) is 0 Å². The third-order valence-electron chi connectivity index (χ3n) is 17.3. The van der Waals surface area contributed by atoms with E-state index in [1.165, 1.54) is 13.8 Å². The Morgan fingerprint density at radius 1 is 0.336 bits per heavy atom. The van der Waals surface area contributed by atoms with Gasteiger partial charge < -0.3 is 60.3 Å². The number of epoxide rings is 4. The predicted molar refractivity (Wildman–Crippen MR) is 414 cm³/mol. The molecule has 4 rings (SSSR count). The minimum atomic E-state index is -2.21. The van der Waals surface area contributed by atoms with Gasteiger partial charge in [-0.1, -0.05) is 138 Å². The topological polar surface area (TPSA) is 363 Å². The van der Waals surface area contributed by atoms with E-state index in [-0.39, 0.29) is 128 Å². The SMILES string of the molecule is [2H]C(C)(C)CCNC(=O)[C@@H](CC(=O)[C@H]1O[C@@H]1C(=O)OCC)CC(C)C.[2H]C(C)(C)CCNC(=O)[C@@H](CC(=O)[C@H]1O[C@@H]1C(C)=O)CC(C)C.[2H]C([2H])([2H])C(C)C[C@H](CC(=O)[C@H]1O[C@@H]1C(=O)OCC)C(=O)NCCC(C)C.[2H]C([2H])([2H])C(C)C[C@H](CC(=O)[C@H]1O[C@@H]1C(C)=O)C(=O)NCCC(C)C.[2H]C([2H])([2H])C(C)C[C@H](NC)C(=O)NCCC(C)C. The van der Waals surface area contributed by atoms with E-state index in [4.69, 9.17) is 43.5 Å². The lowest BCUT2D eigenvalue weighted by molar-refractivity contribution is -0.145. The molecule has 618 valence electrons. The maximum atomic E-state index is 12.5. The standard InChI is InChI=1S/2C18H31NO5.2C17H29NO4.C12H26N2O/c2*1-6-23-18(22)16-15(24-16)14(20)10-13(9-12(4)5)17(21)19-8-7-11(2)3;2*1-10(2)6-7-18-17(21)13(8-11(3)4)9-14(20)16-15(22-16)12(5)19;1-9(2)6-7-14-12(15)11(13-5)8-10(3)4/h2*11-13,15-16H,6-10H2,1-5H3,(H,19,21);2*10-11,13,15-16H,6-9H2,1-5H3,(H,18,21);9-11,13H,6-8H2,1-5H3,(H,14,15)/t2*13-,15-,16+;2*13-,15-,16-;11-/m11110/s1/i11D;4D3;10D;2*3D3/tm;12?,13-,15-,16+;m;11?,13-,15-,16-;10?,11-. The van der Waals surface area contributed by atoms with Gasteiger partial charge in [-0.25, -0.2) is 9.59 Å². The van der Waals surface area contributed by atoms with Crippen molar-refractivity contribution in [2.45, 2.75) is 311 Å². The molecule has 5 amide bonds. The minimum absolute atomic E-state index is 0.0504. The first-order valence-electron chi connectivity index (χ1n) is 44.3. The second-order valence-corrected chi connectivity index (χ2v) is 31.5. The Balaban J connectivity index is 0.00000146. The molecule has 4 heterocycles. The number of hydrogen-bond donors (Lipinski definition) is 6. The van der Waals surface area contributed by atoms with Crippen LogP contribution in [-0.4, -0.2) is 184 Å². The lowest BCUT2D eigenvalue weighted by Crippen LogP contribution is -2.43. The number of amides is 5. The summed E-state index contributed by atoms with van der Waals surface area (Å²) < 4.78 is 113. The Hall–Kier alpha value is -5.89. The third-order valence-corrected chi connectivity index (χ3v) is 17.3. The van der Waals surface area contributed by atoms with Crippen molar-refractivity contribution >= 4 is 76.2 Å². The number of ketones is 6. The van der Waals surface area contributed by atoms with Crippen molar-refractivity contribution < 1.29 is 106 Å². The maximum Gasteiger partial charge on any atom is 0.338 e. The number of nitrogens with one attached hydrogen (secondary N) is 6. The molecule has 0 aromatic rings. The zero-order chi connectivity index (χ0) is 91.5. The molecule has 0 aliphatic carbocycles. The summed E-state index contributed by atoms with van der Waals surface area (Å²) in [5, 5.41) is 16.9. The van der Waals surface area contributed by atoms with E-state index in [0.717, 1.165) is 19.3 Å². The van der Waals surface area contributed by atoms with Gasteiger partial charge in [0.05, 0.1) is 19.3 Å². The Morgan fingerprint density at radius 3 is 0.804 bits per heavy atom. The molecule has 0 spiro atoms. The number of esters is 2. The molecule has 16 atom stereocenters. The second kappa shape index (κ2) is 53.9. The fraction of sp³-hybridized carbons (Fsp3) is 0.841. The summed E-state index contributed by atoms with van der Waals surface area (Å²) in [7, 11) is 1.68. The van der Waals surface area contributed by atoms with Crippen molar-refractivity contribution in [2.75, 3.05) is 53.0 Å². The van der Waals surface area contributed by atoms with E-state index in [1.807, 2.05) is 55.4 Å². The molecule has 0 bridgehead atoms. The van der Waals surface area contributed by atoms with E-state index in [2.05, 4.69) is 45.7 Å². The fourth-order valence-electron chi connectivity index (χ4n) is 11.1. The van der Waals surface area contributed by atoms with Gasteiger partial charge >= 0.3 is 11.9 Å². The number of rotatable bonds is 49. The summed E-state index contributed by atoms with van der Waals surface area (Å²) in [6.45, 7) is 34.8. The average Bonchev–Trinajstić information content (AvgIpc) is 2.41. The van der Waals surface area contributed by atoms with Crippen LogP contribution in [0.4, 0.5) is 0 Å². The summed E-state index contributed by atoms with van der Waals surface area (Å²) in [5.41, 5.74) is 0. The van der Waals surface area contributed by atoms with Gasteiger partial charge in [0.25, 0.3) is 0 Å². The molecule has 4 saturated heterocycles. The molecule has 0 aromatic heterocycles. The summed E-state index contributed by atoms with van der Waals surface area (Å²) in [6, 6.07) is -0.437. The van der Waals surface area contributed by atoms with Crippen LogP contribution in [0.25, 0.3) is 0 Å². The summed E-state index contributed by atoms with van der Waals surface area (Å²) in [5.74, 6) is -7.25. The molecule has 25 heteroatoms.